The Balaban J connectivity index is 1.81. The molecule has 5 nitrogen and oxygen atoms in total. The van der Waals surface area contributed by atoms with E-state index in [0.717, 1.165) is 12.8 Å². The molecule has 0 bridgehead atoms. The van der Waals surface area contributed by atoms with Gasteiger partial charge in [-0.3, -0.25) is 4.90 Å². The lowest BCUT2D eigenvalue weighted by Crippen LogP contribution is -2.22. The minimum atomic E-state index is -1.03. The Labute approximate surface area is 110 Å². The van der Waals surface area contributed by atoms with Gasteiger partial charge in [0.25, 0.3) is 0 Å². The molecule has 2 heterocycles. The summed E-state index contributed by atoms with van der Waals surface area (Å²) in [6, 6.07) is 1.50. The summed E-state index contributed by atoms with van der Waals surface area (Å²) >= 11 is 0. The van der Waals surface area contributed by atoms with Crippen molar-refractivity contribution in [3.05, 3.63) is 23.3 Å². The largest absolute Gasteiger partial charge is 0.477 e. The molecular formula is C13H16FN3O2. The molecule has 6 heteroatoms. The number of hydrogen-bond donors (Lipinski definition) is 1. The Kier molecular flexibility index (Phi) is 3.18. The van der Waals surface area contributed by atoms with Gasteiger partial charge in [-0.25, -0.2) is 19.2 Å². The molecule has 19 heavy (non-hydrogen) atoms. The SMILES string of the molecule is O=C(O)c1cc(CN2CC[C@H](F)C2)nc(C2CC2)n1. The molecule has 0 unspecified atom stereocenters. The van der Waals surface area contributed by atoms with Gasteiger partial charge in [-0.1, -0.05) is 0 Å². The fraction of sp³-hybridized carbons (Fsp3) is 0.615. The van der Waals surface area contributed by atoms with Crippen molar-refractivity contribution in [2.45, 2.75) is 37.9 Å². The molecule has 1 aliphatic carbocycles. The molecular weight excluding hydrogens is 249 g/mol. The third-order valence-electron chi connectivity index (χ3n) is 3.56. The van der Waals surface area contributed by atoms with E-state index in [1.54, 1.807) is 0 Å². The van der Waals surface area contributed by atoms with Gasteiger partial charge < -0.3 is 5.11 Å². The average Bonchev–Trinajstić information content (AvgIpc) is 3.14. The van der Waals surface area contributed by atoms with Gasteiger partial charge in [-0.2, -0.15) is 0 Å². The average molecular weight is 265 g/mol. The second-order valence-electron chi connectivity index (χ2n) is 5.30. The Morgan fingerprint density at radius 2 is 2.21 bits per heavy atom. The van der Waals surface area contributed by atoms with E-state index in [4.69, 9.17) is 5.11 Å². The van der Waals surface area contributed by atoms with Gasteiger partial charge in [0.15, 0.2) is 5.69 Å². The van der Waals surface area contributed by atoms with Gasteiger partial charge in [0.2, 0.25) is 0 Å². The topological polar surface area (TPSA) is 66.3 Å². The molecule has 0 spiro atoms. The highest BCUT2D eigenvalue weighted by molar-refractivity contribution is 5.85. The normalized spacial score (nSPS) is 23.7. The lowest BCUT2D eigenvalue weighted by Gasteiger charge is -2.14. The van der Waals surface area contributed by atoms with Crippen LogP contribution in [-0.2, 0) is 6.54 Å². The van der Waals surface area contributed by atoms with Gasteiger partial charge in [0.1, 0.15) is 12.0 Å². The maximum atomic E-state index is 13.1. The molecule has 2 fully saturated rings. The number of halogens is 1. The molecule has 102 valence electrons. The zero-order valence-electron chi connectivity index (χ0n) is 10.5. The van der Waals surface area contributed by atoms with Crippen molar-refractivity contribution in [2.24, 2.45) is 0 Å². The highest BCUT2D eigenvalue weighted by Gasteiger charge is 2.29. The van der Waals surface area contributed by atoms with Crippen molar-refractivity contribution in [1.29, 1.82) is 0 Å². The first-order valence-electron chi connectivity index (χ1n) is 6.59. The van der Waals surface area contributed by atoms with Crippen LogP contribution in [0.2, 0.25) is 0 Å². The lowest BCUT2D eigenvalue weighted by atomic mass is 10.2. The maximum Gasteiger partial charge on any atom is 0.354 e. The molecule has 0 aromatic carbocycles. The summed E-state index contributed by atoms with van der Waals surface area (Å²) in [6.07, 6.45) is 1.83. The molecule has 3 rings (SSSR count). The molecule has 1 aliphatic heterocycles. The fourth-order valence-corrected chi connectivity index (χ4v) is 2.39. The highest BCUT2D eigenvalue weighted by atomic mass is 19.1. The second-order valence-corrected chi connectivity index (χ2v) is 5.30. The summed E-state index contributed by atoms with van der Waals surface area (Å²) in [5.74, 6) is -0.0909. The standard InChI is InChI=1S/C13H16FN3O2/c14-9-3-4-17(6-9)7-10-5-11(13(18)19)16-12(15-10)8-1-2-8/h5,8-9H,1-4,6-7H2,(H,18,19)/t9-/m0/s1. The number of carboxylic acid groups (broad SMARTS) is 1. The Morgan fingerprint density at radius 3 is 2.79 bits per heavy atom. The van der Waals surface area contributed by atoms with Gasteiger partial charge in [-0.15, -0.1) is 0 Å². The molecule has 2 aliphatic rings. The molecule has 1 atom stereocenters. The fourth-order valence-electron chi connectivity index (χ4n) is 2.39. The van der Waals surface area contributed by atoms with E-state index >= 15 is 0 Å². The quantitative estimate of drug-likeness (QED) is 0.895. The van der Waals surface area contributed by atoms with Crippen molar-refractivity contribution in [1.82, 2.24) is 14.9 Å². The Bertz CT molecular complexity index is 505. The number of rotatable bonds is 4. The minimum Gasteiger partial charge on any atom is -0.477 e. The van der Waals surface area contributed by atoms with Crippen molar-refractivity contribution >= 4 is 5.97 Å². The van der Waals surface area contributed by atoms with Crippen LogP contribution in [0, 0.1) is 0 Å². The van der Waals surface area contributed by atoms with Crippen LogP contribution in [0.4, 0.5) is 4.39 Å². The zero-order chi connectivity index (χ0) is 13.4. The smallest absolute Gasteiger partial charge is 0.354 e. The maximum absolute atomic E-state index is 13.1. The molecule has 0 amide bonds. The summed E-state index contributed by atoms with van der Waals surface area (Å²) < 4.78 is 13.1. The molecule has 1 N–H and O–H groups in total. The second kappa shape index (κ2) is 4.85. The van der Waals surface area contributed by atoms with Crippen molar-refractivity contribution in [2.75, 3.05) is 13.1 Å². The first-order valence-corrected chi connectivity index (χ1v) is 6.59. The van der Waals surface area contributed by atoms with Crippen LogP contribution in [0.15, 0.2) is 6.07 Å². The van der Waals surface area contributed by atoms with E-state index < -0.39 is 12.1 Å². The molecule has 1 saturated heterocycles. The summed E-state index contributed by atoms with van der Waals surface area (Å²) in [5, 5.41) is 9.07. The van der Waals surface area contributed by atoms with Crippen LogP contribution in [0.5, 0.6) is 0 Å². The van der Waals surface area contributed by atoms with Crippen LogP contribution in [-0.4, -0.2) is 45.2 Å². The van der Waals surface area contributed by atoms with Crippen LogP contribution < -0.4 is 0 Å². The van der Waals surface area contributed by atoms with E-state index in [-0.39, 0.29) is 5.69 Å². The van der Waals surface area contributed by atoms with Crippen LogP contribution in [0.3, 0.4) is 0 Å². The predicted octanol–water partition coefficient (Wildman–Crippen LogP) is 1.60. The Morgan fingerprint density at radius 1 is 1.42 bits per heavy atom. The van der Waals surface area contributed by atoms with Gasteiger partial charge in [0, 0.05) is 25.6 Å². The molecule has 1 saturated carbocycles. The summed E-state index contributed by atoms with van der Waals surface area (Å²) in [5.41, 5.74) is 0.728. The summed E-state index contributed by atoms with van der Waals surface area (Å²) in [4.78, 5) is 21.6. The van der Waals surface area contributed by atoms with Crippen molar-refractivity contribution < 1.29 is 14.3 Å². The number of hydrogen-bond acceptors (Lipinski definition) is 4. The molecule has 0 radical (unpaired) electrons. The molecule has 1 aromatic heterocycles. The first-order chi connectivity index (χ1) is 9.11. The predicted molar refractivity (Wildman–Crippen MR) is 65.8 cm³/mol. The summed E-state index contributed by atoms with van der Waals surface area (Å²) in [6.45, 7) is 1.61. The monoisotopic (exact) mass is 265 g/mol. The van der Waals surface area contributed by atoms with Crippen LogP contribution in [0.25, 0.3) is 0 Å². The number of likely N-dealkylation sites (tertiary alicyclic amines) is 1. The number of carboxylic acids is 1. The molecule has 1 aromatic rings. The summed E-state index contributed by atoms with van der Waals surface area (Å²) in [7, 11) is 0. The van der Waals surface area contributed by atoms with E-state index in [0.29, 0.717) is 43.5 Å². The van der Waals surface area contributed by atoms with Gasteiger partial charge in [-0.05, 0) is 25.3 Å². The van der Waals surface area contributed by atoms with Crippen LogP contribution in [0.1, 0.15) is 47.2 Å². The lowest BCUT2D eigenvalue weighted by molar-refractivity contribution is 0.0689. The van der Waals surface area contributed by atoms with Gasteiger partial charge >= 0.3 is 5.97 Å². The highest BCUT2D eigenvalue weighted by Crippen LogP contribution is 2.38. The number of aromatic carboxylic acids is 1. The zero-order valence-corrected chi connectivity index (χ0v) is 10.5. The van der Waals surface area contributed by atoms with E-state index in [1.165, 1.54) is 6.07 Å². The first kappa shape index (κ1) is 12.5. The minimum absolute atomic E-state index is 0.0443. The van der Waals surface area contributed by atoms with Crippen molar-refractivity contribution in [3.8, 4) is 0 Å². The number of aromatic nitrogens is 2. The van der Waals surface area contributed by atoms with Crippen molar-refractivity contribution in [3.63, 3.8) is 0 Å². The number of nitrogens with zero attached hydrogens (tertiary/aromatic N) is 3. The third kappa shape index (κ3) is 2.89. The van der Waals surface area contributed by atoms with E-state index in [2.05, 4.69) is 9.97 Å². The Hall–Kier alpha value is -1.56. The van der Waals surface area contributed by atoms with E-state index in [9.17, 15) is 9.18 Å². The number of carbonyl (C=O) groups is 1. The van der Waals surface area contributed by atoms with Crippen LogP contribution >= 0.6 is 0 Å². The van der Waals surface area contributed by atoms with Gasteiger partial charge in [0.05, 0.1) is 5.69 Å². The van der Waals surface area contributed by atoms with E-state index in [1.807, 2.05) is 4.90 Å². The number of alkyl halides is 1. The third-order valence-corrected chi connectivity index (χ3v) is 3.56.